The van der Waals surface area contributed by atoms with Gasteiger partial charge in [-0.2, -0.15) is 0 Å². The predicted octanol–water partition coefficient (Wildman–Crippen LogP) is 5.46. The molecule has 2 amide bonds. The molecular weight excluding hydrogens is 561 g/mol. The molecule has 1 saturated heterocycles. The third kappa shape index (κ3) is 6.02. The maximum atomic E-state index is 14.1. The van der Waals surface area contributed by atoms with Crippen molar-refractivity contribution in [3.8, 4) is 16.9 Å². The Bertz CT molecular complexity index is 1490. The Morgan fingerprint density at radius 1 is 1.17 bits per heavy atom. The van der Waals surface area contributed by atoms with E-state index in [0.29, 0.717) is 66.4 Å². The van der Waals surface area contributed by atoms with E-state index in [1.54, 1.807) is 12.1 Å². The van der Waals surface area contributed by atoms with Crippen molar-refractivity contribution in [2.45, 2.75) is 52.5 Å². The zero-order chi connectivity index (χ0) is 30.2. The molecule has 2 aromatic rings. The molecule has 3 aliphatic heterocycles. The number of piperidine rings is 1. The monoisotopic (exact) mass is 595 g/mol. The number of halogens is 2. The summed E-state index contributed by atoms with van der Waals surface area (Å²) in [6.07, 6.45) is 3.64. The van der Waals surface area contributed by atoms with Gasteiger partial charge in [-0.25, -0.2) is 4.39 Å². The molecule has 3 aliphatic rings. The Kier molecular flexibility index (Phi) is 8.32. The third-order valence-electron chi connectivity index (χ3n) is 8.15. The second-order valence-electron chi connectivity index (χ2n) is 11.7. The lowest BCUT2D eigenvalue weighted by atomic mass is 9.80. The van der Waals surface area contributed by atoms with Gasteiger partial charge < -0.3 is 25.0 Å². The van der Waals surface area contributed by atoms with Crippen molar-refractivity contribution in [3.05, 3.63) is 75.8 Å². The lowest BCUT2D eigenvalue weighted by Gasteiger charge is -2.46. The van der Waals surface area contributed by atoms with Gasteiger partial charge in [0.25, 0.3) is 5.91 Å². The molecule has 2 aromatic carbocycles. The van der Waals surface area contributed by atoms with Gasteiger partial charge in [0.2, 0.25) is 5.91 Å². The molecule has 0 aliphatic carbocycles. The molecule has 0 radical (unpaired) electrons. The number of dihydropyridines is 1. The normalized spacial score (nSPS) is 18.8. The Balaban J connectivity index is 1.30. The summed E-state index contributed by atoms with van der Waals surface area (Å²) >= 11 is 6.33. The molecule has 10 heteroatoms. The van der Waals surface area contributed by atoms with Crippen LogP contribution in [0, 0.1) is 18.2 Å². The fourth-order valence-corrected chi connectivity index (χ4v) is 6.09. The van der Waals surface area contributed by atoms with Crippen LogP contribution in [0.4, 0.5) is 4.39 Å². The number of hydrogen-bond donors (Lipinski definition) is 2. The zero-order valence-corrected chi connectivity index (χ0v) is 24.8. The summed E-state index contributed by atoms with van der Waals surface area (Å²) in [5.74, 6) is -1.08. The van der Waals surface area contributed by atoms with Gasteiger partial charge >= 0.3 is 5.97 Å². The first-order chi connectivity index (χ1) is 19.9. The van der Waals surface area contributed by atoms with Crippen LogP contribution in [0.5, 0.6) is 5.75 Å². The van der Waals surface area contributed by atoms with E-state index in [1.165, 1.54) is 18.2 Å². The summed E-state index contributed by atoms with van der Waals surface area (Å²) in [6, 6.07) is 9.34. The van der Waals surface area contributed by atoms with Crippen molar-refractivity contribution in [2.24, 2.45) is 5.41 Å². The minimum absolute atomic E-state index is 0.0391. The number of carboxylic acid groups (broad SMARTS) is 1. The number of amides is 2. The summed E-state index contributed by atoms with van der Waals surface area (Å²) < 4.78 is 19.7. The number of carbonyl (C=O) groups excluding carboxylic acids is 2. The zero-order valence-electron chi connectivity index (χ0n) is 24.0. The lowest BCUT2D eigenvalue weighted by Crippen LogP contribution is -2.54. The number of aliphatic carboxylic acids is 1. The highest BCUT2D eigenvalue weighted by atomic mass is 35.5. The van der Waals surface area contributed by atoms with Crippen LogP contribution in [0.25, 0.3) is 11.1 Å². The topological polar surface area (TPSA) is 99.2 Å². The Labute approximate surface area is 249 Å². The number of carbonyl (C=O) groups is 3. The molecule has 0 spiro atoms. The van der Waals surface area contributed by atoms with E-state index >= 15 is 0 Å². The largest absolute Gasteiger partial charge is 0.492 e. The van der Waals surface area contributed by atoms with Crippen LogP contribution in [0.2, 0.25) is 0 Å². The van der Waals surface area contributed by atoms with Crippen LogP contribution >= 0.6 is 11.6 Å². The van der Waals surface area contributed by atoms with Crippen molar-refractivity contribution in [3.63, 3.8) is 0 Å². The molecule has 42 heavy (non-hydrogen) atoms. The number of allylic oxidation sites excluding steroid dienone is 2. The molecule has 0 unspecified atom stereocenters. The highest BCUT2D eigenvalue weighted by Gasteiger charge is 2.44. The van der Waals surface area contributed by atoms with Crippen molar-refractivity contribution < 1.29 is 28.6 Å². The third-order valence-corrected chi connectivity index (χ3v) is 8.39. The quantitative estimate of drug-likeness (QED) is 0.441. The van der Waals surface area contributed by atoms with E-state index in [0.717, 1.165) is 17.0 Å². The van der Waals surface area contributed by atoms with Crippen LogP contribution in [0.3, 0.4) is 0 Å². The molecule has 2 N–H and O–H groups in total. The van der Waals surface area contributed by atoms with Gasteiger partial charge in [-0.05, 0) is 61.2 Å². The van der Waals surface area contributed by atoms with Gasteiger partial charge in [0.05, 0.1) is 25.3 Å². The number of benzene rings is 2. The fourth-order valence-electron chi connectivity index (χ4n) is 5.92. The maximum Gasteiger partial charge on any atom is 0.306 e. The molecule has 0 aromatic heterocycles. The standard InChI is InChI=1S/C32H35ClFN3O5/c1-19-14-20(25-16-22(34)5-7-28(25)42-13-10-29(38)39)4-6-24(19)30(40)36-11-8-23(9-12-36)37-27-15-21(33)18-35-26(27)17-32(2,3)31(37)41/h4-7,14-16,23,35H,8-13,17-18H2,1-3H3,(H,38,39). The molecule has 222 valence electrons. The molecule has 0 atom stereocenters. The van der Waals surface area contributed by atoms with E-state index < -0.39 is 17.2 Å². The minimum Gasteiger partial charge on any atom is -0.492 e. The first kappa shape index (κ1) is 29.6. The van der Waals surface area contributed by atoms with E-state index in [1.807, 2.05) is 42.7 Å². The number of ether oxygens (including phenoxy) is 1. The van der Waals surface area contributed by atoms with Crippen LogP contribution in [0.15, 0.2) is 58.9 Å². The van der Waals surface area contributed by atoms with E-state index in [9.17, 15) is 18.8 Å². The summed E-state index contributed by atoms with van der Waals surface area (Å²) in [5.41, 5.74) is 3.78. The molecule has 0 bridgehead atoms. The van der Waals surface area contributed by atoms with Crippen LogP contribution < -0.4 is 10.1 Å². The van der Waals surface area contributed by atoms with Gasteiger partial charge in [-0.15, -0.1) is 0 Å². The van der Waals surface area contributed by atoms with E-state index in [-0.39, 0.29) is 30.9 Å². The van der Waals surface area contributed by atoms with Gasteiger partial charge in [0.15, 0.2) is 0 Å². The predicted molar refractivity (Wildman–Crippen MR) is 157 cm³/mol. The van der Waals surface area contributed by atoms with Crippen molar-refractivity contribution in [2.75, 3.05) is 26.2 Å². The number of carboxylic acids is 1. The summed E-state index contributed by atoms with van der Waals surface area (Å²) in [5, 5.41) is 13.0. The molecule has 5 rings (SSSR count). The maximum absolute atomic E-state index is 14.1. The molecular formula is C32H35ClFN3O5. The average molecular weight is 596 g/mol. The highest BCUT2D eigenvalue weighted by molar-refractivity contribution is 6.30. The Morgan fingerprint density at radius 3 is 2.60 bits per heavy atom. The van der Waals surface area contributed by atoms with E-state index in [4.69, 9.17) is 21.4 Å². The fraction of sp³-hybridized carbons (Fsp3) is 0.406. The van der Waals surface area contributed by atoms with Crippen LogP contribution in [-0.4, -0.2) is 65.0 Å². The first-order valence-corrected chi connectivity index (χ1v) is 14.5. The highest BCUT2D eigenvalue weighted by Crippen LogP contribution is 2.40. The second-order valence-corrected chi connectivity index (χ2v) is 12.2. The summed E-state index contributed by atoms with van der Waals surface area (Å²) in [4.78, 5) is 41.7. The number of nitrogens with one attached hydrogen (secondary N) is 1. The van der Waals surface area contributed by atoms with Crippen molar-refractivity contribution in [1.29, 1.82) is 0 Å². The smallest absolute Gasteiger partial charge is 0.306 e. The van der Waals surface area contributed by atoms with Crippen molar-refractivity contribution in [1.82, 2.24) is 15.1 Å². The summed E-state index contributed by atoms with van der Waals surface area (Å²) in [6.45, 7) is 7.30. The number of aryl methyl sites for hydroxylation is 1. The second kappa shape index (κ2) is 11.8. The van der Waals surface area contributed by atoms with Crippen LogP contribution in [0.1, 0.15) is 55.5 Å². The van der Waals surface area contributed by atoms with Crippen molar-refractivity contribution >= 4 is 29.4 Å². The minimum atomic E-state index is -0.984. The molecule has 3 heterocycles. The van der Waals surface area contributed by atoms with E-state index in [2.05, 4.69) is 5.32 Å². The average Bonchev–Trinajstić information content (AvgIpc) is 2.94. The molecule has 0 saturated carbocycles. The first-order valence-electron chi connectivity index (χ1n) is 14.2. The lowest BCUT2D eigenvalue weighted by molar-refractivity contribution is -0.142. The number of nitrogens with zero attached hydrogens (tertiary/aromatic N) is 2. The van der Waals surface area contributed by atoms with Crippen LogP contribution in [-0.2, 0) is 9.59 Å². The Morgan fingerprint density at radius 2 is 1.90 bits per heavy atom. The molecule has 1 fully saturated rings. The van der Waals surface area contributed by atoms with Gasteiger partial charge in [-0.3, -0.25) is 14.4 Å². The molecule has 8 nitrogen and oxygen atoms in total. The number of likely N-dealkylation sites (tertiary alicyclic amines) is 1. The number of hydrogen-bond acceptors (Lipinski definition) is 5. The number of rotatable bonds is 7. The van der Waals surface area contributed by atoms with Gasteiger partial charge in [0, 0.05) is 52.8 Å². The SMILES string of the molecule is Cc1cc(-c2cc(F)ccc2OCCC(=O)O)ccc1C(=O)N1CCC(N2C(=O)C(C)(C)CC3=C2C=C(Cl)CN3)CC1. The Hall–Kier alpha value is -3.85. The van der Waals surface area contributed by atoms with Gasteiger partial charge in [0.1, 0.15) is 11.6 Å². The summed E-state index contributed by atoms with van der Waals surface area (Å²) in [7, 11) is 0. The van der Waals surface area contributed by atoms with Gasteiger partial charge in [-0.1, -0.05) is 37.6 Å².